The summed E-state index contributed by atoms with van der Waals surface area (Å²) in [7, 11) is 0. The second-order valence-corrected chi connectivity index (χ2v) is 4.44. The molecule has 1 heterocycles. The van der Waals surface area contributed by atoms with Crippen LogP contribution in [0, 0.1) is 0 Å². The van der Waals surface area contributed by atoms with Gasteiger partial charge in [0.1, 0.15) is 0 Å². The minimum absolute atomic E-state index is 0.404. The second kappa shape index (κ2) is 6.66. The van der Waals surface area contributed by atoms with Gasteiger partial charge in [0, 0.05) is 24.7 Å². The van der Waals surface area contributed by atoms with E-state index in [0.717, 1.165) is 6.54 Å². The number of nitrogens with zero attached hydrogens (tertiary/aromatic N) is 1. The van der Waals surface area contributed by atoms with Crippen LogP contribution in [0.4, 0.5) is 0 Å². The third kappa shape index (κ3) is 4.33. The van der Waals surface area contributed by atoms with Crippen molar-refractivity contribution in [3.63, 3.8) is 0 Å². The molecule has 0 aromatic rings. The molecule has 1 saturated heterocycles. The first kappa shape index (κ1) is 13.2. The molecule has 0 bridgehead atoms. The summed E-state index contributed by atoms with van der Waals surface area (Å²) in [6.45, 7) is 7.79. The van der Waals surface area contributed by atoms with Gasteiger partial charge in [0.15, 0.2) is 0 Å². The van der Waals surface area contributed by atoms with Gasteiger partial charge in [-0.1, -0.05) is 6.08 Å². The number of hydrogen-bond donors (Lipinski definition) is 2. The third-order valence-electron chi connectivity index (χ3n) is 3.09. The van der Waals surface area contributed by atoms with Crippen molar-refractivity contribution in [2.24, 2.45) is 0 Å². The molecule has 0 radical (unpaired) electrons. The zero-order chi connectivity index (χ0) is 12.0. The summed E-state index contributed by atoms with van der Waals surface area (Å²) in [5.74, 6) is -0.839. The van der Waals surface area contributed by atoms with Crippen LogP contribution in [-0.4, -0.2) is 48.2 Å². The smallest absolute Gasteiger partial charge is 0.330 e. The van der Waals surface area contributed by atoms with Gasteiger partial charge in [0.05, 0.1) is 0 Å². The fourth-order valence-corrected chi connectivity index (χ4v) is 1.92. The number of carboxylic acids is 1. The van der Waals surface area contributed by atoms with Gasteiger partial charge in [-0.25, -0.2) is 4.79 Å². The van der Waals surface area contributed by atoms with Crippen molar-refractivity contribution in [2.75, 3.05) is 26.2 Å². The molecular formula is C12H22N2O2. The molecule has 4 heteroatoms. The topological polar surface area (TPSA) is 52.6 Å². The lowest BCUT2D eigenvalue weighted by molar-refractivity contribution is -0.132. The van der Waals surface area contributed by atoms with Crippen LogP contribution in [0.3, 0.4) is 0 Å². The Balaban J connectivity index is 2.15. The quantitative estimate of drug-likeness (QED) is 0.526. The summed E-state index contributed by atoms with van der Waals surface area (Å²) < 4.78 is 0. The first-order chi connectivity index (χ1) is 7.61. The van der Waals surface area contributed by atoms with Gasteiger partial charge in [-0.05, 0) is 39.8 Å². The molecule has 2 N–H and O–H groups in total. The Morgan fingerprint density at radius 1 is 1.50 bits per heavy atom. The van der Waals surface area contributed by atoms with E-state index in [-0.39, 0.29) is 0 Å². The van der Waals surface area contributed by atoms with Gasteiger partial charge in [-0.3, -0.25) is 4.90 Å². The van der Waals surface area contributed by atoms with Crippen LogP contribution in [0.15, 0.2) is 11.6 Å². The van der Waals surface area contributed by atoms with E-state index in [9.17, 15) is 4.79 Å². The summed E-state index contributed by atoms with van der Waals surface area (Å²) >= 11 is 0. The Morgan fingerprint density at radius 2 is 2.12 bits per heavy atom. The fourth-order valence-electron chi connectivity index (χ4n) is 1.92. The van der Waals surface area contributed by atoms with Gasteiger partial charge in [-0.15, -0.1) is 0 Å². The molecule has 0 saturated carbocycles. The predicted molar refractivity (Wildman–Crippen MR) is 64.5 cm³/mol. The van der Waals surface area contributed by atoms with Crippen LogP contribution in [-0.2, 0) is 4.79 Å². The van der Waals surface area contributed by atoms with Crippen molar-refractivity contribution < 1.29 is 9.90 Å². The Labute approximate surface area is 97.3 Å². The maximum Gasteiger partial charge on any atom is 0.330 e. The molecule has 16 heavy (non-hydrogen) atoms. The minimum atomic E-state index is -0.839. The van der Waals surface area contributed by atoms with E-state index in [1.54, 1.807) is 13.0 Å². The Morgan fingerprint density at radius 3 is 2.69 bits per heavy atom. The molecule has 0 aromatic carbocycles. The van der Waals surface area contributed by atoms with Gasteiger partial charge < -0.3 is 10.4 Å². The fraction of sp³-hybridized carbons (Fsp3) is 0.750. The molecule has 0 amide bonds. The molecule has 92 valence electrons. The number of aliphatic carboxylic acids is 1. The standard InChI is InChI=1S/C12H22N2O2/c1-10(12(15)16)5-6-13-9-11(2)14-7-3-4-8-14/h5,11,13H,3-4,6-9H2,1-2H3,(H,15,16)/b10-5-. The second-order valence-electron chi connectivity index (χ2n) is 4.44. The van der Waals surface area contributed by atoms with E-state index >= 15 is 0 Å². The van der Waals surface area contributed by atoms with Crippen molar-refractivity contribution in [2.45, 2.75) is 32.7 Å². The van der Waals surface area contributed by atoms with Crippen LogP contribution < -0.4 is 5.32 Å². The SMILES string of the molecule is C/C(=C/CNCC(C)N1CCCC1)C(=O)O. The van der Waals surface area contributed by atoms with Gasteiger partial charge in [0.2, 0.25) is 0 Å². The van der Waals surface area contributed by atoms with Crippen LogP contribution >= 0.6 is 0 Å². The van der Waals surface area contributed by atoms with Crippen molar-refractivity contribution in [1.82, 2.24) is 10.2 Å². The Bertz CT molecular complexity index is 258. The summed E-state index contributed by atoms with van der Waals surface area (Å²) in [6, 6.07) is 0.543. The highest BCUT2D eigenvalue weighted by molar-refractivity contribution is 5.85. The van der Waals surface area contributed by atoms with E-state index in [1.165, 1.54) is 25.9 Å². The highest BCUT2D eigenvalue weighted by Crippen LogP contribution is 2.10. The molecule has 1 atom stereocenters. The molecule has 1 aliphatic heterocycles. The molecular weight excluding hydrogens is 204 g/mol. The largest absolute Gasteiger partial charge is 0.478 e. The first-order valence-electron chi connectivity index (χ1n) is 5.96. The molecule has 4 nitrogen and oxygen atoms in total. The van der Waals surface area contributed by atoms with E-state index in [0.29, 0.717) is 18.2 Å². The van der Waals surface area contributed by atoms with Crippen molar-refractivity contribution in [1.29, 1.82) is 0 Å². The van der Waals surface area contributed by atoms with Crippen LogP contribution in [0.25, 0.3) is 0 Å². The van der Waals surface area contributed by atoms with Gasteiger partial charge in [0.25, 0.3) is 0 Å². The lowest BCUT2D eigenvalue weighted by atomic mass is 10.2. The summed E-state index contributed by atoms with van der Waals surface area (Å²) in [5, 5.41) is 11.9. The molecule has 0 aliphatic carbocycles. The minimum Gasteiger partial charge on any atom is -0.478 e. The molecule has 1 fully saturated rings. The maximum absolute atomic E-state index is 10.5. The van der Waals surface area contributed by atoms with Crippen LogP contribution in [0.5, 0.6) is 0 Å². The number of likely N-dealkylation sites (tertiary alicyclic amines) is 1. The molecule has 0 aromatic heterocycles. The number of nitrogens with one attached hydrogen (secondary N) is 1. The Kier molecular flexibility index (Phi) is 5.49. The van der Waals surface area contributed by atoms with E-state index in [4.69, 9.17) is 5.11 Å². The van der Waals surface area contributed by atoms with E-state index in [1.807, 2.05) is 0 Å². The van der Waals surface area contributed by atoms with Crippen molar-refractivity contribution in [3.8, 4) is 0 Å². The van der Waals surface area contributed by atoms with E-state index in [2.05, 4.69) is 17.1 Å². The maximum atomic E-state index is 10.5. The first-order valence-corrected chi connectivity index (χ1v) is 5.96. The van der Waals surface area contributed by atoms with Gasteiger partial charge in [-0.2, -0.15) is 0 Å². The van der Waals surface area contributed by atoms with Crippen LogP contribution in [0.1, 0.15) is 26.7 Å². The van der Waals surface area contributed by atoms with Gasteiger partial charge >= 0.3 is 5.97 Å². The van der Waals surface area contributed by atoms with Crippen molar-refractivity contribution >= 4 is 5.97 Å². The number of hydrogen-bond acceptors (Lipinski definition) is 3. The highest BCUT2D eigenvalue weighted by Gasteiger charge is 2.16. The lowest BCUT2D eigenvalue weighted by Gasteiger charge is -2.23. The van der Waals surface area contributed by atoms with E-state index < -0.39 is 5.97 Å². The Hall–Kier alpha value is -0.870. The molecule has 1 aliphatic rings. The summed E-state index contributed by atoms with van der Waals surface area (Å²) in [4.78, 5) is 13.0. The van der Waals surface area contributed by atoms with Crippen LogP contribution in [0.2, 0.25) is 0 Å². The van der Waals surface area contributed by atoms with Crippen molar-refractivity contribution in [3.05, 3.63) is 11.6 Å². The number of rotatable bonds is 6. The average Bonchev–Trinajstić information content (AvgIpc) is 2.76. The zero-order valence-electron chi connectivity index (χ0n) is 10.2. The average molecular weight is 226 g/mol. The lowest BCUT2D eigenvalue weighted by Crippen LogP contribution is -2.38. The zero-order valence-corrected chi connectivity index (χ0v) is 10.2. The monoisotopic (exact) mass is 226 g/mol. The number of carboxylic acid groups (broad SMARTS) is 1. The summed E-state index contributed by atoms with van der Waals surface area (Å²) in [6.07, 6.45) is 4.34. The molecule has 1 unspecified atom stereocenters. The highest BCUT2D eigenvalue weighted by atomic mass is 16.4. The predicted octanol–water partition coefficient (Wildman–Crippen LogP) is 1.09. The third-order valence-corrected chi connectivity index (χ3v) is 3.09. The normalized spacial score (nSPS) is 20.0. The molecule has 0 spiro atoms. The number of carbonyl (C=O) groups is 1. The molecule has 1 rings (SSSR count). The summed E-state index contributed by atoms with van der Waals surface area (Å²) in [5.41, 5.74) is 0.404.